The average molecular weight is 222 g/mol. The van der Waals surface area contributed by atoms with Gasteiger partial charge in [-0.2, -0.15) is 5.26 Å². The number of rotatable bonds is 5. The van der Waals surface area contributed by atoms with Crippen molar-refractivity contribution in [1.82, 2.24) is 5.32 Å². The first-order valence-corrected chi connectivity index (χ1v) is 5.24. The molecule has 0 spiro atoms. The molecule has 0 fully saturated rings. The van der Waals surface area contributed by atoms with Crippen molar-refractivity contribution in [2.24, 2.45) is 0 Å². The summed E-state index contributed by atoms with van der Waals surface area (Å²) in [7, 11) is 0. The lowest BCUT2D eigenvalue weighted by Gasteiger charge is -2.10. The van der Waals surface area contributed by atoms with Crippen LogP contribution in [0.25, 0.3) is 0 Å². The van der Waals surface area contributed by atoms with Gasteiger partial charge in [0.25, 0.3) is 0 Å². The Balaban J connectivity index is 2.59. The Hall–Kier alpha value is -1.44. The van der Waals surface area contributed by atoms with E-state index < -0.39 is 6.10 Å². The molecule has 0 amide bonds. The lowest BCUT2D eigenvalue weighted by molar-refractivity contribution is 0.167. The second kappa shape index (κ2) is 6.21. The van der Waals surface area contributed by atoms with Crippen molar-refractivity contribution in [1.29, 1.82) is 5.26 Å². The summed E-state index contributed by atoms with van der Waals surface area (Å²) >= 11 is 0. The summed E-state index contributed by atoms with van der Waals surface area (Å²) in [5.74, 6) is -0.355. The maximum Gasteiger partial charge on any atom is 0.123 e. The lowest BCUT2D eigenvalue weighted by atomic mass is 10.1. The number of halogens is 1. The van der Waals surface area contributed by atoms with E-state index in [4.69, 9.17) is 5.26 Å². The highest BCUT2D eigenvalue weighted by Gasteiger charge is 2.05. The molecule has 2 N–H and O–H groups in total. The number of nitrogens with one attached hydrogen (secondary N) is 1. The average Bonchev–Trinajstić information content (AvgIpc) is 2.29. The minimum absolute atomic E-state index is 0.355. The number of benzene rings is 1. The molecule has 0 bridgehead atoms. The van der Waals surface area contributed by atoms with E-state index in [2.05, 4.69) is 5.32 Å². The lowest BCUT2D eigenvalue weighted by Crippen LogP contribution is -2.26. The van der Waals surface area contributed by atoms with E-state index >= 15 is 0 Å². The fourth-order valence-corrected chi connectivity index (χ4v) is 1.34. The second-order valence-corrected chi connectivity index (χ2v) is 3.61. The van der Waals surface area contributed by atoms with Crippen LogP contribution in [-0.4, -0.2) is 17.8 Å². The molecule has 0 saturated carbocycles. The van der Waals surface area contributed by atoms with E-state index in [1.54, 1.807) is 0 Å². The summed E-state index contributed by atoms with van der Waals surface area (Å²) in [6, 6.07) is 6.07. The van der Waals surface area contributed by atoms with E-state index in [0.717, 1.165) is 0 Å². The van der Waals surface area contributed by atoms with Crippen LogP contribution < -0.4 is 5.32 Å². The molecule has 3 nitrogen and oxygen atoms in total. The Labute approximate surface area is 94.5 Å². The van der Waals surface area contributed by atoms with Crippen LogP contribution in [0.3, 0.4) is 0 Å². The van der Waals surface area contributed by atoms with E-state index in [9.17, 15) is 9.50 Å². The molecule has 0 aliphatic carbocycles. The van der Waals surface area contributed by atoms with Gasteiger partial charge < -0.3 is 10.4 Å². The van der Waals surface area contributed by atoms with Gasteiger partial charge in [-0.3, -0.25) is 0 Å². The summed E-state index contributed by atoms with van der Waals surface area (Å²) in [4.78, 5) is 0. The normalized spacial score (nSPS) is 12.1. The number of aliphatic hydroxyl groups is 1. The Kier molecular flexibility index (Phi) is 4.90. The number of aliphatic hydroxyl groups excluding tert-OH is 1. The van der Waals surface area contributed by atoms with Gasteiger partial charge in [0.1, 0.15) is 5.82 Å². The molecule has 1 aromatic carbocycles. The summed E-state index contributed by atoms with van der Waals surface area (Å²) in [5, 5.41) is 21.1. The molecule has 0 aromatic heterocycles. The molecule has 86 valence electrons. The van der Waals surface area contributed by atoms with Crippen LogP contribution in [0.4, 0.5) is 4.39 Å². The van der Waals surface area contributed by atoms with E-state index in [1.165, 1.54) is 18.2 Å². The van der Waals surface area contributed by atoms with Crippen LogP contribution in [0.15, 0.2) is 18.2 Å². The maximum absolute atomic E-state index is 12.9. The minimum Gasteiger partial charge on any atom is -0.392 e. The van der Waals surface area contributed by atoms with Crippen LogP contribution in [-0.2, 0) is 6.54 Å². The Morgan fingerprint density at radius 3 is 2.94 bits per heavy atom. The van der Waals surface area contributed by atoms with Gasteiger partial charge >= 0.3 is 0 Å². The first kappa shape index (κ1) is 12.6. The highest BCUT2D eigenvalue weighted by molar-refractivity contribution is 5.37. The molecule has 0 heterocycles. The van der Waals surface area contributed by atoms with Crippen LogP contribution in [0, 0.1) is 17.1 Å². The number of nitriles is 1. The molecule has 0 saturated heterocycles. The van der Waals surface area contributed by atoms with Crippen molar-refractivity contribution in [3.05, 3.63) is 35.1 Å². The number of nitrogens with zero attached hydrogens (tertiary/aromatic N) is 1. The van der Waals surface area contributed by atoms with Gasteiger partial charge in [-0.05, 0) is 30.2 Å². The fourth-order valence-electron chi connectivity index (χ4n) is 1.34. The molecule has 1 aromatic rings. The minimum atomic E-state index is -0.404. The van der Waals surface area contributed by atoms with Crippen LogP contribution in [0.1, 0.15) is 24.5 Å². The van der Waals surface area contributed by atoms with Gasteiger partial charge in [0.2, 0.25) is 0 Å². The predicted octanol–water partition coefficient (Wildman–Crippen LogP) is 1.56. The molecule has 16 heavy (non-hydrogen) atoms. The quantitative estimate of drug-likeness (QED) is 0.794. The highest BCUT2D eigenvalue weighted by Crippen LogP contribution is 2.10. The Bertz CT molecular complexity index is 387. The Morgan fingerprint density at radius 2 is 2.31 bits per heavy atom. The second-order valence-electron chi connectivity index (χ2n) is 3.61. The van der Waals surface area contributed by atoms with Crippen molar-refractivity contribution < 1.29 is 9.50 Å². The van der Waals surface area contributed by atoms with E-state index in [0.29, 0.717) is 30.6 Å². The van der Waals surface area contributed by atoms with Crippen molar-refractivity contribution >= 4 is 0 Å². The zero-order chi connectivity index (χ0) is 12.0. The van der Waals surface area contributed by atoms with Crippen molar-refractivity contribution in [2.75, 3.05) is 6.54 Å². The van der Waals surface area contributed by atoms with E-state index in [1.807, 2.05) is 13.0 Å². The van der Waals surface area contributed by atoms with Crippen molar-refractivity contribution in [3.63, 3.8) is 0 Å². The first-order valence-electron chi connectivity index (χ1n) is 5.24. The molecular weight excluding hydrogens is 207 g/mol. The topological polar surface area (TPSA) is 56.0 Å². The molecule has 4 heteroatoms. The summed E-state index contributed by atoms with van der Waals surface area (Å²) in [5.41, 5.74) is 1.07. The largest absolute Gasteiger partial charge is 0.392 e. The van der Waals surface area contributed by atoms with E-state index in [-0.39, 0.29) is 5.82 Å². The highest BCUT2D eigenvalue weighted by atomic mass is 19.1. The molecule has 0 aliphatic rings. The first-order chi connectivity index (χ1) is 7.67. The standard InChI is InChI=1S/C12H15FN2O/c1-2-12(16)8-15-7-10-5-11(13)4-3-9(10)6-14/h3-5,12,15-16H,2,7-8H2,1H3. The smallest absolute Gasteiger partial charge is 0.123 e. The van der Waals surface area contributed by atoms with Gasteiger partial charge in [0.15, 0.2) is 0 Å². The number of hydrogen-bond acceptors (Lipinski definition) is 3. The van der Waals surface area contributed by atoms with Crippen LogP contribution in [0.2, 0.25) is 0 Å². The van der Waals surface area contributed by atoms with Gasteiger partial charge in [-0.1, -0.05) is 6.92 Å². The zero-order valence-corrected chi connectivity index (χ0v) is 9.20. The van der Waals surface area contributed by atoms with Crippen LogP contribution >= 0.6 is 0 Å². The molecule has 1 unspecified atom stereocenters. The third-order valence-corrected chi connectivity index (χ3v) is 2.35. The van der Waals surface area contributed by atoms with Crippen LogP contribution in [0.5, 0.6) is 0 Å². The van der Waals surface area contributed by atoms with Gasteiger partial charge in [-0.25, -0.2) is 4.39 Å². The van der Waals surface area contributed by atoms with Gasteiger partial charge in [-0.15, -0.1) is 0 Å². The predicted molar refractivity (Wildman–Crippen MR) is 59.1 cm³/mol. The molecule has 1 rings (SSSR count). The third kappa shape index (κ3) is 3.61. The monoisotopic (exact) mass is 222 g/mol. The maximum atomic E-state index is 12.9. The molecule has 0 aliphatic heterocycles. The van der Waals surface area contributed by atoms with Gasteiger partial charge in [0.05, 0.1) is 17.7 Å². The summed E-state index contributed by atoms with van der Waals surface area (Å²) in [6.07, 6.45) is 0.264. The van der Waals surface area contributed by atoms with Crippen molar-refractivity contribution in [3.8, 4) is 6.07 Å². The Morgan fingerprint density at radius 1 is 1.56 bits per heavy atom. The third-order valence-electron chi connectivity index (χ3n) is 2.35. The number of hydrogen-bond donors (Lipinski definition) is 2. The summed E-state index contributed by atoms with van der Waals surface area (Å²) in [6.45, 7) is 2.71. The van der Waals surface area contributed by atoms with Crippen molar-refractivity contribution in [2.45, 2.75) is 26.0 Å². The van der Waals surface area contributed by atoms with Gasteiger partial charge in [0, 0.05) is 13.1 Å². The zero-order valence-electron chi connectivity index (χ0n) is 9.20. The SMILES string of the molecule is CCC(O)CNCc1cc(F)ccc1C#N. The molecule has 1 atom stereocenters. The fraction of sp³-hybridized carbons (Fsp3) is 0.417. The molecule has 0 radical (unpaired) electrons. The molecular formula is C12H15FN2O. The summed E-state index contributed by atoms with van der Waals surface area (Å²) < 4.78 is 12.9.